The van der Waals surface area contributed by atoms with E-state index in [2.05, 4.69) is 9.97 Å². The van der Waals surface area contributed by atoms with E-state index in [9.17, 15) is 4.39 Å². The van der Waals surface area contributed by atoms with Crippen molar-refractivity contribution < 1.29 is 4.39 Å². The molecule has 0 fully saturated rings. The van der Waals surface area contributed by atoms with Gasteiger partial charge in [0.05, 0.1) is 0 Å². The Bertz CT molecular complexity index is 643. The molecule has 7 heteroatoms. The van der Waals surface area contributed by atoms with Gasteiger partial charge in [-0.25, -0.2) is 0 Å². The number of rotatable bonds is 2. The number of benzene rings is 1. The maximum absolute atomic E-state index is 13.0. The summed E-state index contributed by atoms with van der Waals surface area (Å²) in [6, 6.07) is 6.42. The summed E-state index contributed by atoms with van der Waals surface area (Å²) in [4.78, 5) is 7.79. The van der Waals surface area contributed by atoms with Crippen LogP contribution in [-0.2, 0) is 0 Å². The first-order chi connectivity index (χ1) is 8.61. The van der Waals surface area contributed by atoms with E-state index in [4.69, 9.17) is 28.5 Å². The van der Waals surface area contributed by atoms with Crippen LogP contribution < -0.4 is 8.83 Å². The molecule has 1 heterocycles. The van der Waals surface area contributed by atoms with E-state index in [1.165, 1.54) is 18.5 Å². The quantitative estimate of drug-likeness (QED) is 0.613. The third-order valence-corrected chi connectivity index (χ3v) is 4.89. The summed E-state index contributed by atoms with van der Waals surface area (Å²) in [6.07, 6.45) is 1.30. The summed E-state index contributed by atoms with van der Waals surface area (Å²) in [7, 11) is 0. The molecule has 2 rings (SSSR count). The SMILES string of the molecule is N#Cc1c(Cl)ncnc1[As]c1ccc(F)c(Cl)c1. The Kier molecular flexibility index (Phi) is 4.18. The molecule has 1 radical (unpaired) electrons. The molecule has 0 saturated carbocycles. The van der Waals surface area contributed by atoms with Gasteiger partial charge in [0.15, 0.2) is 0 Å². The average Bonchev–Trinajstić information content (AvgIpc) is 2.34. The number of nitriles is 1. The molecule has 0 aliphatic carbocycles. The van der Waals surface area contributed by atoms with Crippen LogP contribution in [-0.4, -0.2) is 25.7 Å². The minimum absolute atomic E-state index is 0.0569. The average molecular weight is 343 g/mol. The summed E-state index contributed by atoms with van der Waals surface area (Å²) < 4.78 is 14.4. The van der Waals surface area contributed by atoms with Gasteiger partial charge in [0.1, 0.15) is 0 Å². The van der Waals surface area contributed by atoms with Gasteiger partial charge in [0, 0.05) is 0 Å². The number of hydrogen-bond acceptors (Lipinski definition) is 3. The molecule has 0 unspecified atom stereocenters. The Balaban J connectivity index is 2.37. The molecular weight excluding hydrogens is 339 g/mol. The molecule has 1 aromatic heterocycles. The van der Waals surface area contributed by atoms with Crippen molar-refractivity contribution in [1.82, 2.24) is 9.97 Å². The Labute approximate surface area is 119 Å². The van der Waals surface area contributed by atoms with Crippen molar-refractivity contribution in [2.45, 2.75) is 0 Å². The van der Waals surface area contributed by atoms with Crippen molar-refractivity contribution >= 4 is 47.8 Å². The van der Waals surface area contributed by atoms with E-state index in [0.717, 1.165) is 4.35 Å². The first kappa shape index (κ1) is 13.3. The fourth-order valence-corrected chi connectivity index (χ4v) is 3.90. The first-order valence-electron chi connectivity index (χ1n) is 4.69. The molecule has 1 aromatic carbocycles. The number of nitrogens with zero attached hydrogens (tertiary/aromatic N) is 3. The fourth-order valence-electron chi connectivity index (χ4n) is 1.21. The van der Waals surface area contributed by atoms with Crippen LogP contribution in [0, 0.1) is 17.1 Å². The molecule has 0 atom stereocenters. The van der Waals surface area contributed by atoms with Crippen molar-refractivity contribution in [3.63, 3.8) is 0 Å². The first-order valence-corrected chi connectivity index (χ1v) is 7.32. The third-order valence-electron chi connectivity index (χ3n) is 2.03. The topological polar surface area (TPSA) is 49.6 Å². The molecular formula is C11H4AsCl2FN3. The summed E-state index contributed by atoms with van der Waals surface area (Å²) in [5.74, 6) is -0.470. The predicted octanol–water partition coefficient (Wildman–Crippen LogP) is 1.45. The van der Waals surface area contributed by atoms with Crippen LogP contribution in [0.5, 0.6) is 0 Å². The van der Waals surface area contributed by atoms with Crippen LogP contribution in [0.4, 0.5) is 4.39 Å². The van der Waals surface area contributed by atoms with E-state index >= 15 is 0 Å². The zero-order valence-electron chi connectivity index (χ0n) is 8.73. The Morgan fingerprint density at radius 2 is 2.06 bits per heavy atom. The van der Waals surface area contributed by atoms with E-state index in [0.29, 0.717) is 4.48 Å². The second-order valence-electron chi connectivity index (χ2n) is 3.19. The molecule has 0 aliphatic heterocycles. The molecule has 0 amide bonds. The summed E-state index contributed by atoms with van der Waals surface area (Å²) >= 11 is 10.9. The van der Waals surface area contributed by atoms with Gasteiger partial charge < -0.3 is 0 Å². The second kappa shape index (κ2) is 5.67. The van der Waals surface area contributed by atoms with E-state index in [1.54, 1.807) is 6.07 Å². The zero-order chi connectivity index (χ0) is 13.1. The van der Waals surface area contributed by atoms with Crippen molar-refractivity contribution in [2.75, 3.05) is 0 Å². The number of halogens is 3. The van der Waals surface area contributed by atoms with Crippen LogP contribution >= 0.6 is 23.2 Å². The number of hydrogen-bond donors (Lipinski definition) is 0. The maximum atomic E-state index is 13.0. The van der Waals surface area contributed by atoms with Gasteiger partial charge in [-0.05, 0) is 0 Å². The Morgan fingerprint density at radius 1 is 1.28 bits per heavy atom. The molecule has 89 valence electrons. The fraction of sp³-hybridized carbons (Fsp3) is 0. The van der Waals surface area contributed by atoms with Gasteiger partial charge in [-0.2, -0.15) is 0 Å². The van der Waals surface area contributed by atoms with Crippen LogP contribution in [0.1, 0.15) is 5.56 Å². The van der Waals surface area contributed by atoms with Gasteiger partial charge >= 0.3 is 120 Å². The van der Waals surface area contributed by atoms with Crippen molar-refractivity contribution in [1.29, 1.82) is 5.26 Å². The molecule has 2 aromatic rings. The monoisotopic (exact) mass is 342 g/mol. The van der Waals surface area contributed by atoms with Gasteiger partial charge in [-0.3, -0.25) is 0 Å². The number of aromatic nitrogens is 2. The Morgan fingerprint density at radius 3 is 2.72 bits per heavy atom. The molecule has 18 heavy (non-hydrogen) atoms. The minimum atomic E-state index is -0.593. The standard InChI is InChI=1S/C11H4AsCl2FN3/c13-8-3-6(1-2-9(8)15)12-10-7(4-16)11(14)18-5-17-10/h1-3,5H. The van der Waals surface area contributed by atoms with Crippen molar-refractivity contribution in [3.05, 3.63) is 46.1 Å². The summed E-state index contributed by atoms with van der Waals surface area (Å²) in [5, 5.41) is 9.18. The normalized spacial score (nSPS) is 10.8. The Hall–Kier alpha value is -1.14. The molecule has 0 N–H and O–H groups in total. The van der Waals surface area contributed by atoms with E-state index < -0.39 is 21.6 Å². The van der Waals surface area contributed by atoms with Gasteiger partial charge in [0.2, 0.25) is 0 Å². The summed E-state index contributed by atoms with van der Waals surface area (Å²) in [6.45, 7) is 0. The second-order valence-corrected chi connectivity index (χ2v) is 6.39. The van der Waals surface area contributed by atoms with Gasteiger partial charge in [0.25, 0.3) is 0 Å². The van der Waals surface area contributed by atoms with Crippen molar-refractivity contribution in [3.8, 4) is 6.07 Å². The predicted molar refractivity (Wildman–Crippen MR) is 68.2 cm³/mol. The van der Waals surface area contributed by atoms with E-state index in [-0.39, 0.29) is 15.7 Å². The summed E-state index contributed by atoms with van der Waals surface area (Å²) in [5.41, 5.74) is 0.264. The van der Waals surface area contributed by atoms with Gasteiger partial charge in [-0.1, -0.05) is 0 Å². The van der Waals surface area contributed by atoms with Gasteiger partial charge in [-0.15, -0.1) is 0 Å². The molecule has 0 spiro atoms. The van der Waals surface area contributed by atoms with Crippen LogP contribution in [0.3, 0.4) is 0 Å². The van der Waals surface area contributed by atoms with Crippen LogP contribution in [0.25, 0.3) is 0 Å². The zero-order valence-corrected chi connectivity index (χ0v) is 12.1. The molecule has 0 bridgehead atoms. The van der Waals surface area contributed by atoms with Crippen LogP contribution in [0.15, 0.2) is 24.5 Å². The van der Waals surface area contributed by atoms with Crippen molar-refractivity contribution in [2.24, 2.45) is 0 Å². The molecule has 0 aliphatic rings. The van der Waals surface area contributed by atoms with E-state index in [1.807, 2.05) is 6.07 Å². The molecule has 3 nitrogen and oxygen atoms in total. The van der Waals surface area contributed by atoms with Crippen LogP contribution in [0.2, 0.25) is 10.2 Å². The third kappa shape index (κ3) is 2.81. The molecule has 0 saturated heterocycles.